The van der Waals surface area contributed by atoms with E-state index < -0.39 is 0 Å². The molecule has 1 heterocycles. The average Bonchev–Trinajstić information content (AvgIpc) is 2.99. The van der Waals surface area contributed by atoms with E-state index in [0.29, 0.717) is 5.92 Å². The largest absolute Gasteiger partial charge is 0.262 e. The molecule has 0 saturated heterocycles. The van der Waals surface area contributed by atoms with Crippen molar-refractivity contribution in [3.05, 3.63) is 35.7 Å². The molecule has 0 unspecified atom stereocenters. The average molecular weight is 199 g/mol. The first-order valence-electron chi connectivity index (χ1n) is 5.32. The molecule has 1 fully saturated rings. The minimum absolute atomic E-state index is 0.636. The summed E-state index contributed by atoms with van der Waals surface area (Å²) in [6.07, 6.45) is 2.51. The van der Waals surface area contributed by atoms with Gasteiger partial charge in [-0.15, -0.1) is 0 Å². The molecular formula is C12H13N3. The van der Waals surface area contributed by atoms with Gasteiger partial charge < -0.3 is 0 Å². The normalized spacial score (nSPS) is 15.5. The first-order valence-corrected chi connectivity index (χ1v) is 5.32. The van der Waals surface area contributed by atoms with Crippen LogP contribution in [0.4, 0.5) is 0 Å². The molecule has 3 rings (SSSR count). The van der Waals surface area contributed by atoms with Gasteiger partial charge in [-0.3, -0.25) is 5.10 Å². The summed E-state index contributed by atoms with van der Waals surface area (Å²) in [5.41, 5.74) is 2.35. The summed E-state index contributed by atoms with van der Waals surface area (Å²) in [7, 11) is 0. The van der Waals surface area contributed by atoms with E-state index >= 15 is 0 Å². The van der Waals surface area contributed by atoms with Crippen molar-refractivity contribution in [3.8, 4) is 11.4 Å². The molecule has 1 saturated carbocycles. The number of nitrogens with zero attached hydrogens (tertiary/aromatic N) is 2. The molecule has 1 N–H and O–H groups in total. The van der Waals surface area contributed by atoms with Crippen molar-refractivity contribution < 1.29 is 0 Å². The zero-order valence-corrected chi connectivity index (χ0v) is 8.70. The fourth-order valence-corrected chi connectivity index (χ4v) is 1.65. The molecule has 0 spiro atoms. The molecule has 1 aliphatic rings. The molecule has 1 aliphatic carbocycles. The summed E-state index contributed by atoms with van der Waals surface area (Å²) < 4.78 is 0. The molecule has 15 heavy (non-hydrogen) atoms. The fourth-order valence-electron chi connectivity index (χ4n) is 1.65. The first kappa shape index (κ1) is 8.65. The summed E-state index contributed by atoms with van der Waals surface area (Å²) in [5, 5.41) is 7.26. The first-order chi connectivity index (χ1) is 7.33. The Morgan fingerprint density at radius 2 is 1.93 bits per heavy atom. The number of hydrogen-bond acceptors (Lipinski definition) is 2. The molecule has 0 amide bonds. The molecule has 0 radical (unpaired) electrons. The standard InChI is InChI=1S/C12H13N3/c1-8-2-4-9(5-3-8)11-13-12(15-14-11)10-6-7-10/h2-5,10H,6-7H2,1H3,(H,13,14,15). The van der Waals surface area contributed by atoms with E-state index in [9.17, 15) is 0 Å². The van der Waals surface area contributed by atoms with E-state index in [4.69, 9.17) is 0 Å². The van der Waals surface area contributed by atoms with Crippen molar-refractivity contribution in [3.63, 3.8) is 0 Å². The Kier molecular flexibility index (Phi) is 1.84. The number of aryl methyl sites for hydroxylation is 1. The van der Waals surface area contributed by atoms with Crippen LogP contribution in [0, 0.1) is 6.92 Å². The third-order valence-corrected chi connectivity index (χ3v) is 2.78. The van der Waals surface area contributed by atoms with Crippen LogP contribution in [0.3, 0.4) is 0 Å². The lowest BCUT2D eigenvalue weighted by Gasteiger charge is -1.95. The van der Waals surface area contributed by atoms with Gasteiger partial charge in [-0.2, -0.15) is 5.10 Å². The van der Waals surface area contributed by atoms with Crippen LogP contribution in [0.15, 0.2) is 24.3 Å². The third-order valence-electron chi connectivity index (χ3n) is 2.78. The molecule has 0 aliphatic heterocycles. The minimum atomic E-state index is 0.636. The Morgan fingerprint density at radius 1 is 1.20 bits per heavy atom. The van der Waals surface area contributed by atoms with Gasteiger partial charge in [-0.25, -0.2) is 4.98 Å². The molecular weight excluding hydrogens is 186 g/mol. The highest BCUT2D eigenvalue weighted by molar-refractivity contribution is 5.54. The van der Waals surface area contributed by atoms with E-state index in [0.717, 1.165) is 17.2 Å². The summed E-state index contributed by atoms with van der Waals surface area (Å²) in [6.45, 7) is 2.08. The number of benzene rings is 1. The van der Waals surface area contributed by atoms with Crippen LogP contribution in [0.25, 0.3) is 11.4 Å². The van der Waals surface area contributed by atoms with Crippen LogP contribution in [-0.2, 0) is 0 Å². The second kappa shape index (κ2) is 3.19. The quantitative estimate of drug-likeness (QED) is 0.807. The maximum Gasteiger partial charge on any atom is 0.181 e. The lowest BCUT2D eigenvalue weighted by Crippen LogP contribution is -1.82. The number of aromatic amines is 1. The smallest absolute Gasteiger partial charge is 0.181 e. The predicted molar refractivity (Wildman–Crippen MR) is 58.5 cm³/mol. The molecule has 1 aromatic heterocycles. The summed E-state index contributed by atoms with van der Waals surface area (Å²) in [4.78, 5) is 4.51. The predicted octanol–water partition coefficient (Wildman–Crippen LogP) is 2.66. The van der Waals surface area contributed by atoms with Crippen LogP contribution < -0.4 is 0 Å². The Hall–Kier alpha value is -1.64. The molecule has 3 heteroatoms. The molecule has 1 aromatic carbocycles. The van der Waals surface area contributed by atoms with Gasteiger partial charge >= 0.3 is 0 Å². The van der Waals surface area contributed by atoms with Gasteiger partial charge in [0.05, 0.1) is 0 Å². The van der Waals surface area contributed by atoms with Gasteiger partial charge in [0.25, 0.3) is 0 Å². The monoisotopic (exact) mass is 199 g/mol. The molecule has 3 nitrogen and oxygen atoms in total. The van der Waals surface area contributed by atoms with Gasteiger partial charge in [0.2, 0.25) is 0 Å². The van der Waals surface area contributed by atoms with Crippen LogP contribution in [0.5, 0.6) is 0 Å². The zero-order chi connectivity index (χ0) is 10.3. The van der Waals surface area contributed by atoms with Crippen LogP contribution in [0.2, 0.25) is 0 Å². The van der Waals surface area contributed by atoms with Gasteiger partial charge in [0.1, 0.15) is 5.82 Å². The Labute approximate surface area is 88.6 Å². The van der Waals surface area contributed by atoms with Crippen LogP contribution in [0.1, 0.15) is 30.1 Å². The number of nitrogens with one attached hydrogen (secondary N) is 1. The summed E-state index contributed by atoms with van der Waals surface area (Å²) >= 11 is 0. The Morgan fingerprint density at radius 3 is 2.60 bits per heavy atom. The van der Waals surface area contributed by atoms with Crippen molar-refractivity contribution in [1.82, 2.24) is 15.2 Å². The molecule has 0 bridgehead atoms. The van der Waals surface area contributed by atoms with Gasteiger partial charge in [-0.05, 0) is 19.8 Å². The maximum absolute atomic E-state index is 4.51. The number of H-pyrrole nitrogens is 1. The zero-order valence-electron chi connectivity index (χ0n) is 8.70. The van der Waals surface area contributed by atoms with E-state index in [1.807, 2.05) is 0 Å². The highest BCUT2D eigenvalue weighted by atomic mass is 15.2. The van der Waals surface area contributed by atoms with Crippen molar-refractivity contribution in [1.29, 1.82) is 0 Å². The lowest BCUT2D eigenvalue weighted by molar-refractivity contribution is 0.935. The lowest BCUT2D eigenvalue weighted by atomic mass is 10.1. The van der Waals surface area contributed by atoms with E-state index in [2.05, 4.69) is 46.4 Å². The SMILES string of the molecule is Cc1ccc(-c2n[nH]c(C3CC3)n2)cc1. The van der Waals surface area contributed by atoms with E-state index in [1.54, 1.807) is 0 Å². The highest BCUT2D eigenvalue weighted by Gasteiger charge is 2.27. The number of rotatable bonds is 2. The van der Waals surface area contributed by atoms with Crippen molar-refractivity contribution in [2.24, 2.45) is 0 Å². The fraction of sp³-hybridized carbons (Fsp3) is 0.333. The van der Waals surface area contributed by atoms with E-state index in [1.165, 1.54) is 18.4 Å². The highest BCUT2D eigenvalue weighted by Crippen LogP contribution is 2.38. The van der Waals surface area contributed by atoms with Gasteiger partial charge in [0, 0.05) is 11.5 Å². The second-order valence-corrected chi connectivity index (χ2v) is 4.18. The van der Waals surface area contributed by atoms with Crippen molar-refractivity contribution in [2.75, 3.05) is 0 Å². The summed E-state index contributed by atoms with van der Waals surface area (Å²) in [5.74, 6) is 2.50. The van der Waals surface area contributed by atoms with Crippen LogP contribution in [-0.4, -0.2) is 15.2 Å². The van der Waals surface area contributed by atoms with Gasteiger partial charge in [0.15, 0.2) is 5.82 Å². The minimum Gasteiger partial charge on any atom is -0.262 e. The third kappa shape index (κ3) is 1.65. The Balaban J connectivity index is 1.93. The van der Waals surface area contributed by atoms with Crippen molar-refractivity contribution in [2.45, 2.75) is 25.7 Å². The molecule has 76 valence electrons. The Bertz CT molecular complexity index is 466. The topological polar surface area (TPSA) is 41.6 Å². The summed E-state index contributed by atoms with van der Waals surface area (Å²) in [6, 6.07) is 8.30. The number of hydrogen-bond donors (Lipinski definition) is 1. The molecule has 2 aromatic rings. The van der Waals surface area contributed by atoms with Crippen molar-refractivity contribution >= 4 is 0 Å². The van der Waals surface area contributed by atoms with Gasteiger partial charge in [-0.1, -0.05) is 29.8 Å². The van der Waals surface area contributed by atoms with E-state index in [-0.39, 0.29) is 0 Å². The molecule has 0 atom stereocenters. The maximum atomic E-state index is 4.51. The number of aromatic nitrogens is 3. The second-order valence-electron chi connectivity index (χ2n) is 4.18. The van der Waals surface area contributed by atoms with Crippen LogP contribution >= 0.6 is 0 Å².